The number of phenols is 1. The van der Waals surface area contributed by atoms with E-state index in [0.29, 0.717) is 42.6 Å². The molecule has 1 N–H and O–H groups in total. The average Bonchev–Trinajstić information content (AvgIpc) is 3.05. The summed E-state index contributed by atoms with van der Waals surface area (Å²) >= 11 is 0. The van der Waals surface area contributed by atoms with Gasteiger partial charge in [-0.15, -0.1) is 0 Å². The monoisotopic (exact) mass is 320 g/mol. The van der Waals surface area contributed by atoms with Crippen LogP contribution in [-0.2, 0) is 27.3 Å². The number of fused-ring (bicyclic) bond motifs is 1. The Bertz CT molecular complexity index is 693. The van der Waals surface area contributed by atoms with E-state index < -0.39 is 11.6 Å². The predicted octanol–water partition coefficient (Wildman–Crippen LogP) is 2.41. The maximum absolute atomic E-state index is 11.9. The second kappa shape index (κ2) is 5.44. The molecule has 0 bridgehead atoms. The lowest BCUT2D eigenvalue weighted by Gasteiger charge is -2.24. The summed E-state index contributed by atoms with van der Waals surface area (Å²) < 4.78 is 15.9. The zero-order chi connectivity index (χ0) is 16.8. The Kier molecular flexibility index (Phi) is 3.70. The number of ether oxygens (including phenoxy) is 3. The number of hydrogen-bond donors (Lipinski definition) is 1. The van der Waals surface area contributed by atoms with Crippen molar-refractivity contribution in [1.82, 2.24) is 0 Å². The molecule has 1 fully saturated rings. The standard InChI is InChI=1S/C17H20O6/c1-9-11-8-22-16(20)13(11)14(19)10(15(9)21-3)4-6-17(2)7-5-12(18)23-17/h19H,4-8H2,1-3H3. The summed E-state index contributed by atoms with van der Waals surface area (Å²) in [4.78, 5) is 23.2. The number of cyclic esters (lactones) is 2. The molecule has 0 amide bonds. The molecule has 23 heavy (non-hydrogen) atoms. The second-order valence-corrected chi connectivity index (χ2v) is 6.34. The summed E-state index contributed by atoms with van der Waals surface area (Å²) in [6, 6.07) is 0. The van der Waals surface area contributed by atoms with Crippen LogP contribution in [0.3, 0.4) is 0 Å². The maximum Gasteiger partial charge on any atom is 0.342 e. The number of methoxy groups -OCH3 is 1. The highest BCUT2D eigenvalue weighted by molar-refractivity contribution is 5.98. The quantitative estimate of drug-likeness (QED) is 0.858. The second-order valence-electron chi connectivity index (χ2n) is 6.34. The van der Waals surface area contributed by atoms with E-state index in [1.807, 2.05) is 13.8 Å². The number of aromatic hydroxyl groups is 1. The SMILES string of the molecule is COc1c(C)c2c(c(O)c1CCC1(C)CCC(=O)O1)C(=O)OC2. The molecule has 2 heterocycles. The summed E-state index contributed by atoms with van der Waals surface area (Å²) in [5, 5.41) is 10.5. The average molecular weight is 320 g/mol. The molecular formula is C17H20O6. The van der Waals surface area contributed by atoms with Gasteiger partial charge in [-0.1, -0.05) is 0 Å². The third-order valence-corrected chi connectivity index (χ3v) is 4.77. The van der Waals surface area contributed by atoms with E-state index in [9.17, 15) is 14.7 Å². The van der Waals surface area contributed by atoms with Crippen LogP contribution in [0.25, 0.3) is 0 Å². The lowest BCUT2D eigenvalue weighted by Crippen LogP contribution is -2.24. The Morgan fingerprint density at radius 2 is 2.09 bits per heavy atom. The number of esters is 2. The van der Waals surface area contributed by atoms with Gasteiger partial charge in [-0.25, -0.2) is 4.79 Å². The van der Waals surface area contributed by atoms with Gasteiger partial charge in [-0.3, -0.25) is 4.79 Å². The first-order chi connectivity index (χ1) is 10.9. The predicted molar refractivity (Wildman–Crippen MR) is 80.6 cm³/mol. The smallest absolute Gasteiger partial charge is 0.342 e. The Morgan fingerprint density at radius 3 is 2.70 bits per heavy atom. The van der Waals surface area contributed by atoms with Crippen molar-refractivity contribution in [2.75, 3.05) is 7.11 Å². The Morgan fingerprint density at radius 1 is 1.35 bits per heavy atom. The highest BCUT2D eigenvalue weighted by atomic mass is 16.6. The van der Waals surface area contributed by atoms with E-state index in [1.165, 1.54) is 7.11 Å². The van der Waals surface area contributed by atoms with Crippen molar-refractivity contribution in [2.45, 2.75) is 51.7 Å². The first-order valence-corrected chi connectivity index (χ1v) is 7.66. The molecule has 2 aliphatic heterocycles. The van der Waals surface area contributed by atoms with Gasteiger partial charge >= 0.3 is 11.9 Å². The molecule has 124 valence electrons. The molecule has 3 rings (SSSR count). The molecule has 1 saturated heterocycles. The van der Waals surface area contributed by atoms with Crippen LogP contribution < -0.4 is 4.74 Å². The zero-order valence-electron chi connectivity index (χ0n) is 13.5. The minimum absolute atomic E-state index is 0.0853. The molecule has 0 radical (unpaired) electrons. The van der Waals surface area contributed by atoms with Crippen molar-refractivity contribution >= 4 is 11.9 Å². The van der Waals surface area contributed by atoms with E-state index in [0.717, 1.165) is 5.56 Å². The molecule has 0 spiro atoms. The van der Waals surface area contributed by atoms with Crippen LogP contribution in [0, 0.1) is 6.92 Å². The fraction of sp³-hybridized carbons (Fsp3) is 0.529. The fourth-order valence-electron chi connectivity index (χ4n) is 3.38. The highest BCUT2D eigenvalue weighted by Crippen LogP contribution is 2.43. The molecule has 0 aromatic heterocycles. The summed E-state index contributed by atoms with van der Waals surface area (Å²) in [5.41, 5.74) is 1.72. The van der Waals surface area contributed by atoms with Gasteiger partial charge in [0.1, 0.15) is 29.3 Å². The van der Waals surface area contributed by atoms with E-state index in [4.69, 9.17) is 14.2 Å². The number of phenolic OH excluding ortho intramolecular Hbond substituents is 1. The highest BCUT2D eigenvalue weighted by Gasteiger charge is 2.37. The van der Waals surface area contributed by atoms with Crippen LogP contribution in [0.5, 0.6) is 11.5 Å². The maximum atomic E-state index is 11.9. The lowest BCUT2D eigenvalue weighted by molar-refractivity contribution is -0.147. The number of hydrogen-bond acceptors (Lipinski definition) is 6. The molecule has 1 atom stereocenters. The summed E-state index contributed by atoms with van der Waals surface area (Å²) in [5.74, 6) is -0.231. The molecular weight excluding hydrogens is 300 g/mol. The topological polar surface area (TPSA) is 82.1 Å². The van der Waals surface area contributed by atoms with Crippen molar-refractivity contribution in [2.24, 2.45) is 0 Å². The Hall–Kier alpha value is -2.24. The van der Waals surface area contributed by atoms with Gasteiger partial charge in [0.25, 0.3) is 0 Å². The molecule has 0 aliphatic carbocycles. The molecule has 6 heteroatoms. The van der Waals surface area contributed by atoms with E-state index in [1.54, 1.807) is 0 Å². The van der Waals surface area contributed by atoms with Crippen molar-refractivity contribution in [1.29, 1.82) is 0 Å². The summed E-state index contributed by atoms with van der Waals surface area (Å²) in [6.07, 6.45) is 2.06. The molecule has 6 nitrogen and oxygen atoms in total. The van der Waals surface area contributed by atoms with Crippen LogP contribution in [-0.4, -0.2) is 29.8 Å². The molecule has 1 aromatic carbocycles. The van der Waals surface area contributed by atoms with Crippen LogP contribution >= 0.6 is 0 Å². The largest absolute Gasteiger partial charge is 0.507 e. The van der Waals surface area contributed by atoms with Crippen LogP contribution in [0.2, 0.25) is 0 Å². The lowest BCUT2D eigenvalue weighted by atomic mass is 9.90. The van der Waals surface area contributed by atoms with Gasteiger partial charge in [0, 0.05) is 17.5 Å². The molecule has 1 aromatic rings. The van der Waals surface area contributed by atoms with Crippen LogP contribution in [0.4, 0.5) is 0 Å². The van der Waals surface area contributed by atoms with Gasteiger partial charge in [0.15, 0.2) is 0 Å². The van der Waals surface area contributed by atoms with Crippen LogP contribution in [0.1, 0.15) is 53.2 Å². The molecule has 1 unspecified atom stereocenters. The van der Waals surface area contributed by atoms with E-state index in [2.05, 4.69) is 0 Å². The van der Waals surface area contributed by atoms with Crippen molar-refractivity contribution in [3.05, 3.63) is 22.3 Å². The minimum atomic E-state index is -0.540. The van der Waals surface area contributed by atoms with Gasteiger partial charge < -0.3 is 19.3 Å². The molecule has 2 aliphatic rings. The summed E-state index contributed by atoms with van der Waals surface area (Å²) in [7, 11) is 1.53. The third kappa shape index (κ3) is 2.52. The van der Waals surface area contributed by atoms with E-state index >= 15 is 0 Å². The minimum Gasteiger partial charge on any atom is -0.507 e. The van der Waals surface area contributed by atoms with Crippen molar-refractivity contribution in [3.63, 3.8) is 0 Å². The molecule has 0 saturated carbocycles. The van der Waals surface area contributed by atoms with Crippen LogP contribution in [0.15, 0.2) is 0 Å². The number of carbonyl (C=O) groups is 2. The zero-order valence-corrected chi connectivity index (χ0v) is 13.5. The summed E-state index contributed by atoms with van der Waals surface area (Å²) in [6.45, 7) is 3.88. The van der Waals surface area contributed by atoms with Crippen molar-refractivity contribution in [3.8, 4) is 11.5 Å². The third-order valence-electron chi connectivity index (χ3n) is 4.77. The van der Waals surface area contributed by atoms with Gasteiger partial charge in [0.05, 0.1) is 7.11 Å². The van der Waals surface area contributed by atoms with Gasteiger partial charge in [-0.05, 0) is 38.7 Å². The first-order valence-electron chi connectivity index (χ1n) is 7.66. The van der Waals surface area contributed by atoms with Crippen molar-refractivity contribution < 1.29 is 28.9 Å². The number of carbonyl (C=O) groups excluding carboxylic acids is 2. The van der Waals surface area contributed by atoms with E-state index in [-0.39, 0.29) is 23.9 Å². The Labute approximate surface area is 134 Å². The van der Waals surface area contributed by atoms with Gasteiger partial charge in [-0.2, -0.15) is 0 Å². The fourth-order valence-corrected chi connectivity index (χ4v) is 3.38. The van der Waals surface area contributed by atoms with Gasteiger partial charge in [0.2, 0.25) is 0 Å². The normalized spacial score (nSPS) is 22.7. The Balaban J connectivity index is 1.96. The number of rotatable bonds is 4. The number of benzene rings is 1. The first kappa shape index (κ1) is 15.6.